The topological polar surface area (TPSA) is 52.5 Å². The first-order valence-corrected chi connectivity index (χ1v) is 8.93. The number of aliphatic hydroxyl groups excluding tert-OH is 1. The molecule has 0 aliphatic carbocycles. The zero-order valence-corrected chi connectivity index (χ0v) is 15.2. The first-order valence-electron chi connectivity index (χ1n) is 8.93. The van der Waals surface area contributed by atoms with Crippen LogP contribution in [0.2, 0.25) is 0 Å². The zero-order valence-electron chi connectivity index (χ0n) is 15.2. The first-order chi connectivity index (χ1) is 12.8. The molecule has 1 fully saturated rings. The monoisotopic (exact) mass is 380 g/mol. The van der Waals surface area contributed by atoms with Crippen LogP contribution in [0.3, 0.4) is 0 Å². The Hall–Kier alpha value is -2.19. The van der Waals surface area contributed by atoms with Crippen LogP contribution >= 0.6 is 0 Å². The lowest BCUT2D eigenvalue weighted by molar-refractivity contribution is -0.138. The van der Waals surface area contributed by atoms with Crippen molar-refractivity contribution in [3.8, 4) is 0 Å². The molecule has 2 heterocycles. The van der Waals surface area contributed by atoms with Crippen molar-refractivity contribution in [3.05, 3.63) is 53.5 Å². The minimum atomic E-state index is -4.41. The lowest BCUT2D eigenvalue weighted by Crippen LogP contribution is -2.49. The van der Waals surface area contributed by atoms with Crippen LogP contribution in [-0.2, 0) is 12.6 Å². The van der Waals surface area contributed by atoms with Gasteiger partial charge in [-0.25, -0.2) is 9.97 Å². The van der Waals surface area contributed by atoms with Crippen molar-refractivity contribution in [2.75, 3.05) is 37.6 Å². The number of hydrogen-bond acceptors (Lipinski definition) is 5. The van der Waals surface area contributed by atoms with Crippen molar-refractivity contribution in [1.82, 2.24) is 14.9 Å². The predicted octanol–water partition coefficient (Wildman–Crippen LogP) is 2.53. The summed E-state index contributed by atoms with van der Waals surface area (Å²) in [7, 11) is 0. The summed E-state index contributed by atoms with van der Waals surface area (Å²) in [6.07, 6.45) is -3.54. The van der Waals surface area contributed by atoms with E-state index in [-0.39, 0.29) is 12.0 Å². The van der Waals surface area contributed by atoms with E-state index in [1.165, 1.54) is 12.1 Å². The van der Waals surface area contributed by atoms with E-state index in [0.29, 0.717) is 12.4 Å². The fourth-order valence-corrected chi connectivity index (χ4v) is 3.37. The minimum absolute atomic E-state index is 0.0129. The largest absolute Gasteiger partial charge is 0.416 e. The second-order valence-electron chi connectivity index (χ2n) is 6.76. The highest BCUT2D eigenvalue weighted by molar-refractivity contribution is 5.38. The molecule has 0 saturated carbocycles. The van der Waals surface area contributed by atoms with Gasteiger partial charge in [0.2, 0.25) is 0 Å². The molecule has 3 rings (SSSR count). The number of β-amino-alcohol motifs (C(OH)–C–C–N with tert-alkyl or cyclic N) is 1. The number of aliphatic hydroxyl groups is 1. The van der Waals surface area contributed by atoms with Crippen LogP contribution in [0, 0.1) is 6.92 Å². The fraction of sp³-hybridized carbons (Fsp3) is 0.474. The number of aromatic nitrogens is 2. The van der Waals surface area contributed by atoms with Gasteiger partial charge in [0.15, 0.2) is 0 Å². The second kappa shape index (κ2) is 8.22. The molecule has 27 heavy (non-hydrogen) atoms. The molecular formula is C19H23F3N4O. The Balaban J connectivity index is 1.54. The van der Waals surface area contributed by atoms with Crippen molar-refractivity contribution in [1.29, 1.82) is 0 Å². The predicted molar refractivity (Wildman–Crippen MR) is 96.6 cm³/mol. The van der Waals surface area contributed by atoms with Gasteiger partial charge >= 0.3 is 6.18 Å². The number of aryl methyl sites for hydroxylation is 1. The summed E-state index contributed by atoms with van der Waals surface area (Å²) in [4.78, 5) is 12.7. The molecule has 1 unspecified atom stereocenters. The average molecular weight is 380 g/mol. The van der Waals surface area contributed by atoms with Gasteiger partial charge in [0.05, 0.1) is 11.7 Å². The summed E-state index contributed by atoms with van der Waals surface area (Å²) in [5.74, 6) is 1.59. The molecule has 0 spiro atoms. The molecule has 1 N–H and O–H groups in total. The zero-order chi connectivity index (χ0) is 19.4. The van der Waals surface area contributed by atoms with Crippen molar-refractivity contribution >= 4 is 5.82 Å². The van der Waals surface area contributed by atoms with Crippen LogP contribution in [0.4, 0.5) is 19.0 Å². The van der Waals surface area contributed by atoms with Crippen LogP contribution in [0.1, 0.15) is 17.0 Å². The van der Waals surface area contributed by atoms with Gasteiger partial charge in [-0.15, -0.1) is 0 Å². The Labute approximate surface area is 156 Å². The number of benzene rings is 1. The van der Waals surface area contributed by atoms with Gasteiger partial charge in [-0.1, -0.05) is 18.2 Å². The summed E-state index contributed by atoms with van der Waals surface area (Å²) in [5, 5.41) is 10.3. The maximum atomic E-state index is 13.1. The highest BCUT2D eigenvalue weighted by Crippen LogP contribution is 2.32. The summed E-state index contributed by atoms with van der Waals surface area (Å²) in [6, 6.07) is 7.30. The van der Waals surface area contributed by atoms with E-state index in [1.807, 2.05) is 13.0 Å². The van der Waals surface area contributed by atoms with E-state index in [1.54, 1.807) is 12.3 Å². The Morgan fingerprint density at radius 1 is 1.11 bits per heavy atom. The van der Waals surface area contributed by atoms with Crippen LogP contribution in [0.25, 0.3) is 0 Å². The number of nitrogens with zero attached hydrogens (tertiary/aromatic N) is 4. The van der Waals surface area contributed by atoms with Crippen LogP contribution in [0.5, 0.6) is 0 Å². The molecular weight excluding hydrogens is 357 g/mol. The van der Waals surface area contributed by atoms with E-state index >= 15 is 0 Å². The maximum Gasteiger partial charge on any atom is 0.416 e. The van der Waals surface area contributed by atoms with Crippen LogP contribution in [0.15, 0.2) is 36.5 Å². The Bertz CT molecular complexity index is 761. The van der Waals surface area contributed by atoms with E-state index in [2.05, 4.69) is 19.8 Å². The van der Waals surface area contributed by atoms with Crippen LogP contribution < -0.4 is 4.90 Å². The third-order valence-electron chi connectivity index (χ3n) is 4.70. The molecule has 2 aromatic rings. The molecule has 0 amide bonds. The smallest absolute Gasteiger partial charge is 0.391 e. The molecule has 1 atom stereocenters. The number of piperazine rings is 1. The van der Waals surface area contributed by atoms with E-state index < -0.39 is 17.8 Å². The van der Waals surface area contributed by atoms with Gasteiger partial charge in [-0.05, 0) is 24.6 Å². The molecule has 1 aliphatic heterocycles. The third-order valence-corrected chi connectivity index (χ3v) is 4.70. The summed E-state index contributed by atoms with van der Waals surface area (Å²) in [5.41, 5.74) is -0.541. The highest BCUT2D eigenvalue weighted by atomic mass is 19.4. The van der Waals surface area contributed by atoms with Gasteiger partial charge in [0, 0.05) is 45.3 Å². The normalized spacial score (nSPS) is 17.1. The van der Waals surface area contributed by atoms with E-state index in [4.69, 9.17) is 0 Å². The number of halogens is 3. The quantitative estimate of drug-likeness (QED) is 0.864. The van der Waals surface area contributed by atoms with Gasteiger partial charge < -0.3 is 10.0 Å². The number of hydrogen-bond donors (Lipinski definition) is 1. The fourth-order valence-electron chi connectivity index (χ4n) is 3.37. The molecule has 1 aromatic carbocycles. The first kappa shape index (κ1) is 19.6. The Kier molecular flexibility index (Phi) is 5.96. The maximum absolute atomic E-state index is 13.1. The average Bonchev–Trinajstić information content (AvgIpc) is 2.62. The van der Waals surface area contributed by atoms with Crippen molar-refractivity contribution < 1.29 is 18.3 Å². The molecule has 1 aliphatic rings. The molecule has 1 aromatic heterocycles. The molecule has 8 heteroatoms. The van der Waals surface area contributed by atoms with Gasteiger partial charge in [0.1, 0.15) is 11.6 Å². The lowest BCUT2D eigenvalue weighted by Gasteiger charge is -2.36. The SMILES string of the molecule is Cc1nccc(N2CCN(CC(O)Cc3ccccc3C(F)(F)F)CC2)n1. The minimum Gasteiger partial charge on any atom is -0.391 e. The number of rotatable bonds is 5. The van der Waals surface area contributed by atoms with E-state index in [0.717, 1.165) is 38.1 Å². The van der Waals surface area contributed by atoms with E-state index in [9.17, 15) is 18.3 Å². The number of alkyl halides is 3. The highest BCUT2D eigenvalue weighted by Gasteiger charge is 2.33. The molecule has 0 bridgehead atoms. The second-order valence-corrected chi connectivity index (χ2v) is 6.76. The van der Waals surface area contributed by atoms with Gasteiger partial charge in [-0.3, -0.25) is 4.90 Å². The van der Waals surface area contributed by atoms with Crippen molar-refractivity contribution in [3.63, 3.8) is 0 Å². The summed E-state index contributed by atoms with van der Waals surface area (Å²) in [6.45, 7) is 5.14. The molecule has 0 radical (unpaired) electrons. The standard InChI is InChI=1S/C19H23F3N4O/c1-14-23-7-6-18(24-14)26-10-8-25(9-11-26)13-16(27)12-15-4-2-3-5-17(15)19(20,21)22/h2-7,16,27H,8-13H2,1H3. The van der Waals surface area contributed by atoms with Crippen LogP contribution in [-0.4, -0.2) is 58.8 Å². The summed E-state index contributed by atoms with van der Waals surface area (Å²) >= 11 is 0. The third kappa shape index (κ3) is 5.17. The Morgan fingerprint density at radius 3 is 2.48 bits per heavy atom. The number of anilines is 1. The molecule has 146 valence electrons. The summed E-state index contributed by atoms with van der Waals surface area (Å²) < 4.78 is 39.2. The Morgan fingerprint density at radius 2 is 1.81 bits per heavy atom. The molecule has 1 saturated heterocycles. The lowest BCUT2D eigenvalue weighted by atomic mass is 10.0. The molecule has 5 nitrogen and oxygen atoms in total. The van der Waals surface area contributed by atoms with Gasteiger partial charge in [-0.2, -0.15) is 13.2 Å². The van der Waals surface area contributed by atoms with Crippen molar-refractivity contribution in [2.45, 2.75) is 25.6 Å². The van der Waals surface area contributed by atoms with Crippen molar-refractivity contribution in [2.24, 2.45) is 0 Å². The van der Waals surface area contributed by atoms with Gasteiger partial charge in [0.25, 0.3) is 0 Å².